The van der Waals surface area contributed by atoms with Gasteiger partial charge in [-0.25, -0.2) is 29.9 Å². The van der Waals surface area contributed by atoms with E-state index in [4.69, 9.17) is 29.9 Å². The summed E-state index contributed by atoms with van der Waals surface area (Å²) in [6.45, 7) is 0. The van der Waals surface area contributed by atoms with E-state index in [1.54, 1.807) is 0 Å². The molecule has 0 radical (unpaired) electrons. The van der Waals surface area contributed by atoms with Gasteiger partial charge in [0, 0.05) is 107 Å². The van der Waals surface area contributed by atoms with Crippen molar-refractivity contribution in [1.82, 2.24) is 39.0 Å². The Labute approximate surface area is 618 Å². The Kier molecular flexibility index (Phi) is 15.4. The molecule has 496 valence electrons. The summed E-state index contributed by atoms with van der Waals surface area (Å²) in [5, 5.41) is 10.1. The molecule has 0 saturated heterocycles. The van der Waals surface area contributed by atoms with E-state index in [1.165, 1.54) is 95.3 Å². The largest absolute Gasteiger partial charge is 0.309 e. The van der Waals surface area contributed by atoms with Crippen LogP contribution in [0.3, 0.4) is 0 Å². The van der Waals surface area contributed by atoms with E-state index < -0.39 is 0 Å². The van der Waals surface area contributed by atoms with E-state index >= 15 is 0 Å². The lowest BCUT2D eigenvalue weighted by Gasteiger charge is -2.12. The molecular weight excluding hydrogens is 1330 g/mol. The van der Waals surface area contributed by atoms with Crippen molar-refractivity contribution < 1.29 is 0 Å². The van der Waals surface area contributed by atoms with Crippen LogP contribution in [0.2, 0.25) is 0 Å². The summed E-state index contributed by atoms with van der Waals surface area (Å²) < 4.78 is 10.0. The topological polar surface area (TPSA) is 87.2 Å². The normalized spacial score (nSPS) is 11.6. The zero-order valence-electron chi connectivity index (χ0n) is 57.0. The van der Waals surface area contributed by atoms with E-state index in [9.17, 15) is 0 Å². The fourth-order valence-corrected chi connectivity index (χ4v) is 17.6. The lowest BCUT2D eigenvalue weighted by molar-refractivity contribution is 1.07. The zero-order chi connectivity index (χ0) is 70.0. The summed E-state index contributed by atoms with van der Waals surface area (Å²) in [4.78, 5) is 29.9. The third kappa shape index (κ3) is 11.2. The molecule has 6 heterocycles. The van der Waals surface area contributed by atoms with Crippen molar-refractivity contribution in [2.24, 2.45) is 0 Å². The molecule has 0 saturated carbocycles. The number of benzene rings is 15. The number of thiophene rings is 2. The molecule has 15 aromatic carbocycles. The highest BCUT2D eigenvalue weighted by Crippen LogP contribution is 2.45. The maximum absolute atomic E-state index is 5.05. The first-order valence-corrected chi connectivity index (χ1v) is 37.1. The predicted octanol–water partition coefficient (Wildman–Crippen LogP) is 25.7. The van der Waals surface area contributed by atoms with Gasteiger partial charge in [0.2, 0.25) is 0 Å². The van der Waals surface area contributed by atoms with Crippen LogP contribution in [0.1, 0.15) is 0 Å². The molecule has 0 unspecified atom stereocenters. The van der Waals surface area contributed by atoms with E-state index in [0.717, 1.165) is 66.8 Å². The summed E-state index contributed by atoms with van der Waals surface area (Å²) in [7, 11) is 0. The highest BCUT2D eigenvalue weighted by Gasteiger charge is 2.22. The minimum atomic E-state index is 0.630. The molecule has 0 aliphatic heterocycles. The predicted molar refractivity (Wildman–Crippen MR) is 443 cm³/mol. The quantitative estimate of drug-likeness (QED) is 0.128. The number of fused-ring (bicyclic) bond motifs is 12. The lowest BCUT2D eigenvalue weighted by Crippen LogP contribution is -2.01. The first kappa shape index (κ1) is 62.2. The number of para-hydroxylation sites is 1. The maximum Gasteiger partial charge on any atom is 0.164 e. The number of nitrogens with zero attached hydrogens (tertiary/aromatic N) is 8. The van der Waals surface area contributed by atoms with Crippen LogP contribution >= 0.6 is 22.7 Å². The van der Waals surface area contributed by atoms with Gasteiger partial charge in [-0.05, 0) is 112 Å². The minimum Gasteiger partial charge on any atom is -0.309 e. The molecule has 6 aromatic heterocycles. The second-order valence-electron chi connectivity index (χ2n) is 26.5. The smallest absolute Gasteiger partial charge is 0.164 e. The third-order valence-corrected chi connectivity index (χ3v) is 22.5. The standard InChI is InChI=1S/C51H32N4S.C45H28N4S/c1-4-14-33(15-5-1)36-26-28-45-43(31-36)44-32-37(40-23-13-24-42-41-22-10-11-25-47(41)56-48(40)42)27-29-46(44)55(45)39-21-12-20-38(30-39)51-53-49(34-16-6-2-7-17-34)52-50(54-51)35-18-8-3-9-19-35;1-3-13-29(14-4-1)43-46-44(30-15-5-2-6-16-30)48-45(47-43)32-17-11-18-33(27-32)49-39-23-9-7-19-35(39)38-28-31(25-26-40(38)49)34-21-12-22-37-36-20-8-10-24-41(36)50-42(34)37/h1-32H;1-28H. The third-order valence-electron chi connectivity index (χ3n) is 20.1. The van der Waals surface area contributed by atoms with Crippen LogP contribution in [0, 0.1) is 0 Å². The Morgan fingerprint density at radius 3 is 0.887 bits per heavy atom. The monoisotopic (exact) mass is 1390 g/mol. The highest BCUT2D eigenvalue weighted by atomic mass is 32.1. The summed E-state index contributed by atoms with van der Waals surface area (Å²) in [6.07, 6.45) is 0. The Morgan fingerprint density at radius 2 is 0.472 bits per heavy atom. The Balaban J connectivity index is 0.000000141. The molecule has 21 rings (SSSR count). The van der Waals surface area contributed by atoms with E-state index in [0.29, 0.717) is 34.9 Å². The Morgan fingerprint density at radius 1 is 0.179 bits per heavy atom. The van der Waals surface area contributed by atoms with Crippen LogP contribution in [-0.2, 0) is 0 Å². The van der Waals surface area contributed by atoms with E-state index in [1.807, 2.05) is 144 Å². The summed E-state index contributed by atoms with van der Waals surface area (Å²) in [6, 6.07) is 128. The minimum absolute atomic E-state index is 0.630. The van der Waals surface area contributed by atoms with Crippen molar-refractivity contribution in [1.29, 1.82) is 0 Å². The number of rotatable bonds is 11. The average molecular weight is 1390 g/mol. The molecular formula is C96H60N8S2. The van der Waals surface area contributed by atoms with Crippen molar-refractivity contribution in [2.45, 2.75) is 0 Å². The SMILES string of the molecule is c1ccc(-c2ccc3c(c2)c2cc(-c4cccc5c4sc4ccccc45)ccc2n3-c2cccc(-c3nc(-c4ccccc4)nc(-c4ccccc4)n3)c2)cc1.c1ccc(-c2nc(-c3ccccc3)nc(-c3cccc(-n4c5ccccc5c5cc(-c6cccc7c6sc6ccccc67)ccc54)c3)n2)cc1. The summed E-state index contributed by atoms with van der Waals surface area (Å²) in [5.74, 6) is 3.86. The Hall–Kier alpha value is -13.6. The average Bonchev–Trinajstić information content (AvgIpc) is 1.64. The molecule has 0 spiro atoms. The molecule has 106 heavy (non-hydrogen) atoms. The van der Waals surface area contributed by atoms with Crippen molar-refractivity contribution in [3.63, 3.8) is 0 Å². The first-order valence-electron chi connectivity index (χ1n) is 35.5. The Bertz CT molecular complexity index is 6830. The van der Waals surface area contributed by atoms with Crippen molar-refractivity contribution in [3.05, 3.63) is 364 Å². The summed E-state index contributed by atoms with van der Waals surface area (Å²) in [5.41, 5.74) is 19.7. The van der Waals surface area contributed by atoms with Gasteiger partial charge in [0.15, 0.2) is 34.9 Å². The van der Waals surface area contributed by atoms with Gasteiger partial charge in [-0.1, -0.05) is 285 Å². The molecule has 0 aliphatic rings. The fourth-order valence-electron chi connectivity index (χ4n) is 15.1. The van der Waals surface area contributed by atoms with Crippen LogP contribution in [-0.4, -0.2) is 39.0 Å². The molecule has 0 fully saturated rings. The van der Waals surface area contributed by atoms with Crippen LogP contribution < -0.4 is 0 Å². The van der Waals surface area contributed by atoms with Gasteiger partial charge < -0.3 is 9.13 Å². The second kappa shape index (κ2) is 26.3. The van der Waals surface area contributed by atoms with Gasteiger partial charge in [-0.2, -0.15) is 0 Å². The van der Waals surface area contributed by atoms with Crippen LogP contribution in [0.25, 0.3) is 197 Å². The molecule has 8 nitrogen and oxygen atoms in total. The molecule has 0 aliphatic carbocycles. The van der Waals surface area contributed by atoms with Gasteiger partial charge in [0.05, 0.1) is 22.1 Å². The second-order valence-corrected chi connectivity index (χ2v) is 28.6. The van der Waals surface area contributed by atoms with Crippen molar-refractivity contribution >= 4 is 107 Å². The summed E-state index contributed by atoms with van der Waals surface area (Å²) >= 11 is 3.74. The molecule has 21 aromatic rings. The van der Waals surface area contributed by atoms with Crippen LogP contribution in [0.15, 0.2) is 364 Å². The van der Waals surface area contributed by atoms with Crippen molar-refractivity contribution in [3.8, 4) is 113 Å². The highest BCUT2D eigenvalue weighted by molar-refractivity contribution is 7.26. The van der Waals surface area contributed by atoms with Gasteiger partial charge >= 0.3 is 0 Å². The zero-order valence-corrected chi connectivity index (χ0v) is 58.7. The van der Waals surface area contributed by atoms with Crippen molar-refractivity contribution in [2.75, 3.05) is 0 Å². The number of hydrogen-bond donors (Lipinski definition) is 0. The van der Waals surface area contributed by atoms with Crippen LogP contribution in [0.4, 0.5) is 0 Å². The number of hydrogen-bond acceptors (Lipinski definition) is 8. The van der Waals surface area contributed by atoms with Gasteiger partial charge in [-0.15, -0.1) is 22.7 Å². The first-order chi connectivity index (χ1) is 52.5. The molecule has 0 atom stereocenters. The lowest BCUT2D eigenvalue weighted by atomic mass is 9.99. The van der Waals surface area contributed by atoms with Gasteiger partial charge in [0.25, 0.3) is 0 Å². The van der Waals surface area contributed by atoms with Gasteiger partial charge in [-0.3, -0.25) is 0 Å². The molecule has 10 heteroatoms. The number of aromatic nitrogens is 8. The maximum atomic E-state index is 5.05. The van der Waals surface area contributed by atoms with E-state index in [2.05, 4.69) is 252 Å². The van der Waals surface area contributed by atoms with Gasteiger partial charge in [0.1, 0.15) is 0 Å². The van der Waals surface area contributed by atoms with Crippen LogP contribution in [0.5, 0.6) is 0 Å². The molecule has 0 bridgehead atoms. The molecule has 0 amide bonds. The molecule has 0 N–H and O–H groups in total. The van der Waals surface area contributed by atoms with E-state index in [-0.39, 0.29) is 0 Å². The fraction of sp³-hybridized carbons (Fsp3) is 0.